The first-order valence-corrected chi connectivity index (χ1v) is 9.88. The number of aromatic nitrogens is 2. The van der Waals surface area contributed by atoms with E-state index >= 15 is 0 Å². The molecule has 0 saturated carbocycles. The third-order valence-electron chi connectivity index (χ3n) is 4.14. The van der Waals surface area contributed by atoms with E-state index in [0.29, 0.717) is 22.6 Å². The molecular formula is C19H23N3O6S. The first kappa shape index (κ1) is 22.4. The Morgan fingerprint density at radius 2 is 1.97 bits per heavy atom. The lowest BCUT2D eigenvalue weighted by molar-refractivity contribution is -0.119. The van der Waals surface area contributed by atoms with Crippen molar-refractivity contribution in [2.45, 2.75) is 43.6 Å². The number of benzene rings is 1. The smallest absolute Gasteiger partial charge is 0.413 e. The van der Waals surface area contributed by atoms with Crippen molar-refractivity contribution < 1.29 is 23.9 Å². The molecule has 0 spiro atoms. The highest BCUT2D eigenvalue weighted by Crippen LogP contribution is 2.23. The Balaban J connectivity index is 2.48. The number of carbonyl (C=O) groups excluding carboxylic acids is 3. The van der Waals surface area contributed by atoms with Gasteiger partial charge >= 0.3 is 12.1 Å². The maximum atomic E-state index is 13.0. The van der Waals surface area contributed by atoms with Crippen molar-refractivity contribution in [2.24, 2.45) is 0 Å². The average Bonchev–Trinajstić information content (AvgIpc) is 2.72. The Labute approximate surface area is 171 Å². The minimum Gasteiger partial charge on any atom is -0.465 e. The lowest BCUT2D eigenvalue weighted by Gasteiger charge is -2.16. The number of rotatable bonds is 7. The molecule has 0 aliphatic carbocycles. The van der Waals surface area contributed by atoms with Crippen molar-refractivity contribution in [2.75, 3.05) is 14.2 Å². The maximum Gasteiger partial charge on any atom is 0.413 e. The predicted octanol–water partition coefficient (Wildman–Crippen LogP) is 2.35. The molecule has 0 aliphatic heterocycles. The second kappa shape index (κ2) is 10.1. The summed E-state index contributed by atoms with van der Waals surface area (Å²) in [6, 6.07) is 4.54. The van der Waals surface area contributed by atoms with Crippen molar-refractivity contribution in [1.82, 2.24) is 14.9 Å². The molecule has 2 aromatic rings. The number of ether oxygens (including phenoxy) is 2. The number of methoxy groups -OCH3 is 2. The Morgan fingerprint density at radius 1 is 1.24 bits per heavy atom. The summed E-state index contributed by atoms with van der Waals surface area (Å²) in [6.45, 7) is 4.03. The first-order valence-electron chi connectivity index (χ1n) is 9.00. The maximum absolute atomic E-state index is 13.0. The number of fused-ring (bicyclic) bond motifs is 1. The van der Waals surface area contributed by atoms with E-state index in [1.54, 1.807) is 13.0 Å². The van der Waals surface area contributed by atoms with Gasteiger partial charge in [-0.1, -0.05) is 25.1 Å². The van der Waals surface area contributed by atoms with Crippen molar-refractivity contribution in [3.8, 4) is 0 Å². The molecule has 9 nitrogen and oxygen atoms in total. The van der Waals surface area contributed by atoms with E-state index in [2.05, 4.69) is 15.0 Å². The first-order chi connectivity index (χ1) is 13.8. The number of hydrogen-bond acceptors (Lipinski definition) is 8. The predicted molar refractivity (Wildman–Crippen MR) is 108 cm³/mol. The second-order valence-corrected chi connectivity index (χ2v) is 7.48. The molecule has 1 aromatic heterocycles. The third-order valence-corrected chi connectivity index (χ3v) is 5.23. The summed E-state index contributed by atoms with van der Waals surface area (Å²) in [5.41, 5.74) is 0.335. The standard InChI is InChI=1S/C19H23N3O6S/c1-5-6-9-22-16(24)13-8-7-12(17(25)27-3)10-14(13)20-18(22)29-11(2)15(23)21-19(26)28-4/h7-8,10-11H,5-6,9H2,1-4H3,(H,21,23,26)/t11-/m1/s1. The normalized spacial score (nSPS) is 11.7. The number of amides is 2. The van der Waals surface area contributed by atoms with E-state index in [0.717, 1.165) is 31.7 Å². The highest BCUT2D eigenvalue weighted by molar-refractivity contribution is 8.00. The highest BCUT2D eigenvalue weighted by atomic mass is 32.2. The number of unbranched alkanes of at least 4 members (excludes halogenated alkanes) is 1. The highest BCUT2D eigenvalue weighted by Gasteiger charge is 2.21. The minimum absolute atomic E-state index is 0.261. The fourth-order valence-electron chi connectivity index (χ4n) is 2.51. The summed E-state index contributed by atoms with van der Waals surface area (Å²) in [6.07, 6.45) is 0.762. The van der Waals surface area contributed by atoms with Crippen molar-refractivity contribution in [3.63, 3.8) is 0 Å². The zero-order valence-corrected chi connectivity index (χ0v) is 17.5. The van der Waals surface area contributed by atoms with Crippen LogP contribution in [-0.4, -0.2) is 47.0 Å². The molecule has 0 radical (unpaired) electrons. The molecule has 2 rings (SSSR count). The van der Waals surface area contributed by atoms with Crippen LogP contribution in [0.2, 0.25) is 0 Å². The van der Waals surface area contributed by atoms with Gasteiger partial charge < -0.3 is 9.47 Å². The van der Waals surface area contributed by atoms with Crippen LogP contribution in [0.15, 0.2) is 28.2 Å². The fourth-order valence-corrected chi connectivity index (χ4v) is 3.45. The molecule has 29 heavy (non-hydrogen) atoms. The van der Waals surface area contributed by atoms with Crippen LogP contribution in [-0.2, 0) is 20.8 Å². The van der Waals surface area contributed by atoms with Gasteiger partial charge in [0.05, 0.1) is 35.9 Å². The summed E-state index contributed by atoms with van der Waals surface area (Å²) in [5, 5.41) is 2.08. The van der Waals surface area contributed by atoms with E-state index in [1.807, 2.05) is 6.92 Å². The number of esters is 1. The van der Waals surface area contributed by atoms with Crippen LogP contribution in [0.25, 0.3) is 10.9 Å². The van der Waals surface area contributed by atoms with Crippen LogP contribution in [0.4, 0.5) is 4.79 Å². The van der Waals surface area contributed by atoms with Gasteiger partial charge in [-0.3, -0.25) is 19.5 Å². The number of alkyl carbamates (subject to hydrolysis) is 1. The number of hydrogen-bond donors (Lipinski definition) is 1. The van der Waals surface area contributed by atoms with Gasteiger partial charge in [-0.2, -0.15) is 0 Å². The van der Waals surface area contributed by atoms with Crippen molar-refractivity contribution in [3.05, 3.63) is 34.1 Å². The van der Waals surface area contributed by atoms with Crippen molar-refractivity contribution in [1.29, 1.82) is 0 Å². The summed E-state index contributed by atoms with van der Waals surface area (Å²) < 4.78 is 10.7. The molecule has 0 bridgehead atoms. The van der Waals surface area contributed by atoms with E-state index in [1.165, 1.54) is 23.8 Å². The quantitative estimate of drug-likeness (QED) is 0.411. The summed E-state index contributed by atoms with van der Waals surface area (Å²) in [5.74, 6) is -1.11. The molecule has 0 unspecified atom stereocenters. The molecule has 0 aliphatic rings. The monoisotopic (exact) mass is 421 g/mol. The summed E-state index contributed by atoms with van der Waals surface area (Å²) >= 11 is 1.05. The molecular weight excluding hydrogens is 398 g/mol. The van der Waals surface area contributed by atoms with Gasteiger partial charge in [0.25, 0.3) is 5.56 Å². The molecule has 0 fully saturated rings. The molecule has 1 atom stereocenters. The fraction of sp³-hybridized carbons (Fsp3) is 0.421. The van der Waals surface area contributed by atoms with Gasteiger partial charge in [0.2, 0.25) is 5.91 Å². The van der Waals surface area contributed by atoms with Gasteiger partial charge in [0.1, 0.15) is 0 Å². The van der Waals surface area contributed by atoms with Crippen LogP contribution in [0.3, 0.4) is 0 Å². The van der Waals surface area contributed by atoms with Gasteiger partial charge in [-0.15, -0.1) is 0 Å². The van der Waals surface area contributed by atoms with Crippen LogP contribution < -0.4 is 10.9 Å². The summed E-state index contributed by atoms with van der Waals surface area (Å²) in [4.78, 5) is 52.7. The Bertz CT molecular complexity index is 988. The van der Waals surface area contributed by atoms with Crippen LogP contribution in [0.5, 0.6) is 0 Å². The van der Waals surface area contributed by atoms with Crippen LogP contribution >= 0.6 is 11.8 Å². The molecule has 1 heterocycles. The number of imide groups is 1. The molecule has 0 saturated heterocycles. The zero-order valence-electron chi connectivity index (χ0n) is 16.7. The van der Waals surface area contributed by atoms with Crippen LogP contribution in [0.1, 0.15) is 37.0 Å². The topological polar surface area (TPSA) is 117 Å². The van der Waals surface area contributed by atoms with Crippen LogP contribution in [0, 0.1) is 0 Å². The van der Waals surface area contributed by atoms with E-state index in [9.17, 15) is 19.2 Å². The van der Waals surface area contributed by atoms with E-state index < -0.39 is 23.2 Å². The molecule has 1 N–H and O–H groups in total. The lowest BCUT2D eigenvalue weighted by Crippen LogP contribution is -2.36. The lowest BCUT2D eigenvalue weighted by atomic mass is 10.1. The largest absolute Gasteiger partial charge is 0.465 e. The van der Waals surface area contributed by atoms with Crippen molar-refractivity contribution >= 4 is 40.6 Å². The number of carbonyl (C=O) groups is 3. The Kier molecular flexibility index (Phi) is 7.77. The second-order valence-electron chi connectivity index (χ2n) is 6.17. The molecule has 156 valence electrons. The van der Waals surface area contributed by atoms with Gasteiger partial charge in [-0.25, -0.2) is 14.6 Å². The van der Waals surface area contributed by atoms with E-state index in [-0.39, 0.29) is 11.1 Å². The number of thioether (sulfide) groups is 1. The van der Waals surface area contributed by atoms with Gasteiger partial charge in [-0.05, 0) is 31.5 Å². The number of nitrogens with zero attached hydrogens (tertiary/aromatic N) is 2. The summed E-state index contributed by atoms with van der Waals surface area (Å²) in [7, 11) is 2.43. The molecule has 1 aromatic carbocycles. The molecule has 10 heteroatoms. The Morgan fingerprint density at radius 3 is 2.59 bits per heavy atom. The van der Waals surface area contributed by atoms with Gasteiger partial charge in [0, 0.05) is 6.54 Å². The van der Waals surface area contributed by atoms with E-state index in [4.69, 9.17) is 4.74 Å². The zero-order chi connectivity index (χ0) is 21.6. The minimum atomic E-state index is -0.861. The Hall–Kier alpha value is -2.88. The number of nitrogens with one attached hydrogen (secondary N) is 1. The SMILES string of the molecule is CCCCn1c(S[C@H](C)C(=O)NC(=O)OC)nc2cc(C(=O)OC)ccc2c1=O. The molecule has 2 amide bonds. The van der Waals surface area contributed by atoms with Gasteiger partial charge in [0.15, 0.2) is 5.16 Å². The third kappa shape index (κ3) is 5.35. The average molecular weight is 421 g/mol.